The Morgan fingerprint density at radius 1 is 1.09 bits per heavy atom. The number of alkyl halides is 3. The summed E-state index contributed by atoms with van der Waals surface area (Å²) in [6, 6.07) is 9.16. The zero-order chi connectivity index (χ0) is 24.5. The smallest absolute Gasteiger partial charge is 0.384 e. The normalized spacial score (nSPS) is 14.8. The van der Waals surface area contributed by atoms with Crippen LogP contribution in [0.1, 0.15) is 15.9 Å². The van der Waals surface area contributed by atoms with Gasteiger partial charge in [-0.15, -0.1) is 0 Å². The Hall–Kier alpha value is -3.86. The van der Waals surface area contributed by atoms with Crippen LogP contribution >= 0.6 is 0 Å². The van der Waals surface area contributed by atoms with Gasteiger partial charge in [-0.1, -0.05) is 6.07 Å². The predicted octanol–water partition coefficient (Wildman–Crippen LogP) is 3.04. The Morgan fingerprint density at radius 3 is 2.44 bits per heavy atom. The first-order valence-electron chi connectivity index (χ1n) is 10.5. The highest BCUT2D eigenvalue weighted by Crippen LogP contribution is 2.34. The van der Waals surface area contributed by atoms with E-state index in [0.29, 0.717) is 41.9 Å². The molecule has 0 radical (unpaired) electrons. The van der Waals surface area contributed by atoms with Crippen molar-refractivity contribution in [2.75, 3.05) is 49.2 Å². The van der Waals surface area contributed by atoms with Crippen LogP contribution in [0.3, 0.4) is 0 Å². The highest BCUT2D eigenvalue weighted by Gasteiger charge is 2.36. The molecule has 0 aliphatic carbocycles. The second-order valence-electron chi connectivity index (χ2n) is 8.07. The lowest BCUT2D eigenvalue weighted by Crippen LogP contribution is -2.44. The number of anilines is 3. The van der Waals surface area contributed by atoms with Crippen LogP contribution < -0.4 is 21.5 Å². The molecule has 1 saturated heterocycles. The molecule has 3 heterocycles. The Kier molecular flexibility index (Phi) is 6.29. The number of rotatable bonds is 4. The largest absolute Gasteiger partial charge is 0.417 e. The summed E-state index contributed by atoms with van der Waals surface area (Å²) >= 11 is 0. The van der Waals surface area contributed by atoms with E-state index in [4.69, 9.17) is 5.73 Å². The fourth-order valence-electron chi connectivity index (χ4n) is 3.80. The van der Waals surface area contributed by atoms with Crippen molar-refractivity contribution >= 4 is 23.1 Å². The van der Waals surface area contributed by atoms with Gasteiger partial charge in [0.15, 0.2) is 0 Å². The molecule has 34 heavy (non-hydrogen) atoms. The fourth-order valence-corrected chi connectivity index (χ4v) is 3.80. The van der Waals surface area contributed by atoms with Crippen LogP contribution in [0.4, 0.5) is 30.4 Å². The molecule has 2 aromatic heterocycles. The van der Waals surface area contributed by atoms with Gasteiger partial charge in [-0.25, -0.2) is 4.98 Å². The fraction of sp³-hybridized carbons (Fsp3) is 0.261. The number of piperazine rings is 1. The first kappa shape index (κ1) is 23.3. The van der Waals surface area contributed by atoms with Crippen LogP contribution in [0.25, 0.3) is 11.1 Å². The van der Waals surface area contributed by atoms with Crippen molar-refractivity contribution in [1.29, 1.82) is 0 Å². The molecule has 0 unspecified atom stereocenters. The van der Waals surface area contributed by atoms with Gasteiger partial charge in [-0.2, -0.15) is 13.2 Å². The summed E-state index contributed by atoms with van der Waals surface area (Å²) in [6.07, 6.45) is -2.50. The van der Waals surface area contributed by atoms with Crippen molar-refractivity contribution in [2.45, 2.75) is 6.18 Å². The maximum Gasteiger partial charge on any atom is 0.417 e. The van der Waals surface area contributed by atoms with Gasteiger partial charge in [0.1, 0.15) is 5.82 Å². The van der Waals surface area contributed by atoms with Crippen LogP contribution in [0.2, 0.25) is 0 Å². The molecule has 0 bridgehead atoms. The van der Waals surface area contributed by atoms with E-state index in [2.05, 4.69) is 25.1 Å². The number of aromatic amines is 1. The standard InChI is InChI=1S/C23H23F3N6O2/c1-31-6-8-32(9-7-31)19-4-2-14(15-3-5-20(27)28-12-15)10-18(19)30-22(34)16-13-29-21(33)11-17(16)23(24,25)26/h2-5,10-13H,6-9H2,1H3,(H2,27,28)(H,29,33)(H,30,34). The maximum atomic E-state index is 13.5. The zero-order valence-corrected chi connectivity index (χ0v) is 18.3. The summed E-state index contributed by atoms with van der Waals surface area (Å²) in [5.74, 6) is -0.629. The van der Waals surface area contributed by atoms with Gasteiger partial charge in [-0.05, 0) is 36.9 Å². The van der Waals surface area contributed by atoms with Crippen molar-refractivity contribution in [3.8, 4) is 11.1 Å². The third-order valence-electron chi connectivity index (χ3n) is 5.68. The Morgan fingerprint density at radius 2 is 1.79 bits per heavy atom. The third-order valence-corrected chi connectivity index (χ3v) is 5.68. The SMILES string of the molecule is CN1CCN(c2ccc(-c3ccc(N)nc3)cc2NC(=O)c2c[nH]c(=O)cc2C(F)(F)F)CC1. The van der Waals surface area contributed by atoms with Crippen LogP contribution in [0.5, 0.6) is 0 Å². The topological polar surface area (TPSA) is 107 Å². The van der Waals surface area contributed by atoms with Crippen molar-refractivity contribution < 1.29 is 18.0 Å². The lowest BCUT2D eigenvalue weighted by atomic mass is 10.0. The average molecular weight is 472 g/mol. The number of aromatic nitrogens is 2. The van der Waals surface area contributed by atoms with E-state index in [1.807, 2.05) is 19.2 Å². The Labute approximate surface area is 193 Å². The van der Waals surface area contributed by atoms with E-state index in [9.17, 15) is 22.8 Å². The molecule has 11 heteroatoms. The van der Waals surface area contributed by atoms with Gasteiger partial charge >= 0.3 is 6.18 Å². The van der Waals surface area contributed by atoms with Crippen molar-refractivity contribution in [3.05, 3.63) is 70.3 Å². The molecule has 4 N–H and O–H groups in total. The molecular weight excluding hydrogens is 449 g/mol. The van der Waals surface area contributed by atoms with Crippen LogP contribution in [0.15, 0.2) is 53.6 Å². The minimum atomic E-state index is -4.86. The molecular formula is C23H23F3N6O2. The zero-order valence-electron chi connectivity index (χ0n) is 18.3. The van der Waals surface area contributed by atoms with Gasteiger partial charge in [0.2, 0.25) is 5.56 Å². The summed E-state index contributed by atoms with van der Waals surface area (Å²) < 4.78 is 40.5. The number of nitrogen functional groups attached to an aromatic ring is 1. The molecule has 4 rings (SSSR count). The van der Waals surface area contributed by atoms with Gasteiger partial charge in [0, 0.05) is 50.2 Å². The monoisotopic (exact) mass is 472 g/mol. The molecule has 0 saturated carbocycles. The number of halogens is 3. The summed E-state index contributed by atoms with van der Waals surface area (Å²) in [5.41, 5.74) is 5.22. The predicted molar refractivity (Wildman–Crippen MR) is 124 cm³/mol. The highest BCUT2D eigenvalue weighted by atomic mass is 19.4. The highest BCUT2D eigenvalue weighted by molar-refractivity contribution is 6.07. The lowest BCUT2D eigenvalue weighted by molar-refractivity contribution is -0.138. The number of benzene rings is 1. The van der Waals surface area contributed by atoms with E-state index in [-0.39, 0.29) is 0 Å². The number of pyridine rings is 2. The third kappa shape index (κ3) is 5.04. The molecule has 1 fully saturated rings. The molecule has 1 aromatic carbocycles. The molecule has 3 aromatic rings. The van der Waals surface area contributed by atoms with Crippen molar-refractivity contribution in [3.63, 3.8) is 0 Å². The van der Waals surface area contributed by atoms with E-state index in [1.165, 1.54) is 0 Å². The second kappa shape index (κ2) is 9.18. The number of H-pyrrole nitrogens is 1. The molecule has 8 nitrogen and oxygen atoms in total. The van der Waals surface area contributed by atoms with E-state index in [0.717, 1.165) is 24.8 Å². The maximum absolute atomic E-state index is 13.5. The van der Waals surface area contributed by atoms with E-state index >= 15 is 0 Å². The number of nitrogens with one attached hydrogen (secondary N) is 2. The number of carbonyl (C=O) groups excluding carboxylic acids is 1. The van der Waals surface area contributed by atoms with Gasteiger partial charge in [-0.3, -0.25) is 9.59 Å². The average Bonchev–Trinajstić information content (AvgIpc) is 2.79. The summed E-state index contributed by atoms with van der Waals surface area (Å²) in [5, 5.41) is 2.63. The first-order valence-corrected chi connectivity index (χ1v) is 10.5. The minimum absolute atomic E-state index is 0.350. The number of hydrogen-bond donors (Lipinski definition) is 3. The molecule has 1 amide bonds. The summed E-state index contributed by atoms with van der Waals surface area (Å²) in [7, 11) is 2.01. The van der Waals surface area contributed by atoms with E-state index in [1.54, 1.807) is 24.4 Å². The van der Waals surface area contributed by atoms with Crippen molar-refractivity contribution in [2.24, 2.45) is 0 Å². The van der Waals surface area contributed by atoms with Gasteiger partial charge < -0.3 is 25.8 Å². The van der Waals surface area contributed by atoms with E-state index < -0.39 is 28.8 Å². The van der Waals surface area contributed by atoms with Crippen LogP contribution in [0, 0.1) is 0 Å². The number of nitrogens with zero attached hydrogens (tertiary/aromatic N) is 3. The van der Waals surface area contributed by atoms with Gasteiger partial charge in [0.05, 0.1) is 22.5 Å². The number of amides is 1. The summed E-state index contributed by atoms with van der Waals surface area (Å²) in [4.78, 5) is 34.9. The quantitative estimate of drug-likeness (QED) is 0.539. The molecule has 178 valence electrons. The van der Waals surface area contributed by atoms with Crippen LogP contribution in [-0.4, -0.2) is 54.0 Å². The molecule has 1 aliphatic rings. The van der Waals surface area contributed by atoms with Crippen molar-refractivity contribution in [1.82, 2.24) is 14.9 Å². The van der Waals surface area contributed by atoms with Crippen LogP contribution in [-0.2, 0) is 6.18 Å². The number of nitrogens with two attached hydrogens (primary N) is 1. The lowest BCUT2D eigenvalue weighted by Gasteiger charge is -2.35. The minimum Gasteiger partial charge on any atom is -0.384 e. The number of likely N-dealkylation sites (N-methyl/N-ethyl adjacent to an activating group) is 1. The molecule has 0 atom stereocenters. The Balaban J connectivity index is 1.74. The van der Waals surface area contributed by atoms with Gasteiger partial charge in [0.25, 0.3) is 5.91 Å². The Bertz CT molecular complexity index is 1250. The molecule has 0 spiro atoms. The summed E-state index contributed by atoms with van der Waals surface area (Å²) in [6.45, 7) is 2.98. The molecule has 1 aliphatic heterocycles. The first-order chi connectivity index (χ1) is 16.1. The number of carbonyl (C=O) groups is 1. The second-order valence-corrected chi connectivity index (χ2v) is 8.07. The number of hydrogen-bond acceptors (Lipinski definition) is 6.